The van der Waals surface area contributed by atoms with Crippen molar-refractivity contribution in [2.75, 3.05) is 44.3 Å². The average molecular weight is 614 g/mol. The number of anilines is 1. The van der Waals surface area contributed by atoms with Crippen molar-refractivity contribution < 1.29 is 9.53 Å². The monoisotopic (exact) mass is 613 g/mol. The molecule has 0 saturated carbocycles. The van der Waals surface area contributed by atoms with Gasteiger partial charge in [-0.3, -0.25) is 19.1 Å². The molecule has 3 aromatic heterocycles. The third-order valence-corrected chi connectivity index (χ3v) is 8.53. The highest BCUT2D eigenvalue weighted by Crippen LogP contribution is 2.34. The number of piperidine rings is 1. The molecule has 5 heterocycles. The molecule has 1 atom stereocenters. The van der Waals surface area contributed by atoms with Gasteiger partial charge in [-0.05, 0) is 29.9 Å². The predicted octanol–water partition coefficient (Wildman–Crippen LogP) is 3.66. The number of morpholine rings is 1. The zero-order valence-corrected chi connectivity index (χ0v) is 25.3. The lowest BCUT2D eigenvalue weighted by Crippen LogP contribution is -2.45. The van der Waals surface area contributed by atoms with Crippen LogP contribution in [0.5, 0.6) is 0 Å². The van der Waals surface area contributed by atoms with Crippen molar-refractivity contribution in [3.8, 4) is 0 Å². The number of carbonyl (C=O) groups excluding carboxylic acids is 1. The fourth-order valence-corrected chi connectivity index (χ4v) is 6.41. The van der Waals surface area contributed by atoms with Gasteiger partial charge in [0.25, 0.3) is 11.5 Å². The van der Waals surface area contributed by atoms with Gasteiger partial charge >= 0.3 is 0 Å². The third kappa shape index (κ3) is 5.56. The summed E-state index contributed by atoms with van der Waals surface area (Å²) in [5.74, 6) is 0.589. The number of fused-ring (bicyclic) bond motifs is 2. The molecule has 2 aromatic carbocycles. The normalized spacial score (nSPS) is 17.2. The van der Waals surface area contributed by atoms with E-state index < -0.39 is 0 Å². The minimum atomic E-state index is -0.209. The van der Waals surface area contributed by atoms with Crippen LogP contribution in [0.4, 0.5) is 5.82 Å². The molecule has 228 valence electrons. The van der Waals surface area contributed by atoms with Crippen LogP contribution in [0.25, 0.3) is 21.8 Å². The van der Waals surface area contributed by atoms with Gasteiger partial charge in [0.2, 0.25) is 0 Å². The summed E-state index contributed by atoms with van der Waals surface area (Å²) < 4.78 is 9.14. The van der Waals surface area contributed by atoms with Gasteiger partial charge in [0, 0.05) is 50.3 Å². The molecule has 5 aromatic rings. The van der Waals surface area contributed by atoms with Crippen LogP contribution in [0.15, 0.2) is 78.0 Å². The van der Waals surface area contributed by atoms with Gasteiger partial charge in [-0.2, -0.15) is 0 Å². The van der Waals surface area contributed by atoms with Crippen LogP contribution in [0.1, 0.15) is 34.5 Å². The fraction of sp³-hybridized carbons (Fsp3) is 0.333. The number of hydrogen-bond donors (Lipinski definition) is 1. The largest absolute Gasteiger partial charge is 0.378 e. The minimum Gasteiger partial charge on any atom is -0.378 e. The summed E-state index contributed by atoms with van der Waals surface area (Å²) in [6.45, 7) is 3.98. The number of hydrogen-bond acceptors (Lipinski definition) is 7. The van der Waals surface area contributed by atoms with E-state index in [9.17, 15) is 9.59 Å². The number of amides is 1. The van der Waals surface area contributed by atoms with E-state index in [2.05, 4.69) is 9.88 Å². The van der Waals surface area contributed by atoms with Gasteiger partial charge in [0.1, 0.15) is 22.4 Å². The summed E-state index contributed by atoms with van der Waals surface area (Å²) in [5.41, 5.74) is 9.37. The Bertz CT molecular complexity index is 1840. The molecule has 1 unspecified atom stereocenters. The Morgan fingerprint density at radius 3 is 2.52 bits per heavy atom. The van der Waals surface area contributed by atoms with E-state index in [0.717, 1.165) is 47.2 Å². The number of nitrogens with two attached hydrogens (primary N) is 1. The Labute approximate surface area is 261 Å². The number of rotatable bonds is 6. The van der Waals surface area contributed by atoms with Gasteiger partial charge in [-0.15, -0.1) is 12.4 Å². The third-order valence-electron chi connectivity index (χ3n) is 8.53. The van der Waals surface area contributed by atoms with E-state index in [-0.39, 0.29) is 36.5 Å². The molecule has 44 heavy (non-hydrogen) atoms. The molecular weight excluding hydrogens is 578 g/mol. The number of benzene rings is 2. The molecule has 1 amide bonds. The van der Waals surface area contributed by atoms with Gasteiger partial charge < -0.3 is 24.8 Å². The number of ether oxygens (including phenoxy) is 1. The van der Waals surface area contributed by atoms with Crippen molar-refractivity contribution in [1.82, 2.24) is 24.0 Å². The Balaban J connectivity index is 0.00000343. The summed E-state index contributed by atoms with van der Waals surface area (Å²) >= 11 is 0. The summed E-state index contributed by atoms with van der Waals surface area (Å²) in [7, 11) is 0. The van der Waals surface area contributed by atoms with Crippen LogP contribution in [0.2, 0.25) is 0 Å². The van der Waals surface area contributed by atoms with Crippen molar-refractivity contribution in [3.05, 3.63) is 100 Å². The second-order valence-corrected chi connectivity index (χ2v) is 11.4. The second kappa shape index (κ2) is 12.8. The molecule has 0 radical (unpaired) electrons. The molecule has 11 heteroatoms. The maximum atomic E-state index is 14.5. The van der Waals surface area contributed by atoms with Crippen LogP contribution in [0, 0.1) is 0 Å². The first-order valence-corrected chi connectivity index (χ1v) is 14.9. The lowest BCUT2D eigenvalue weighted by atomic mass is 10.1. The summed E-state index contributed by atoms with van der Waals surface area (Å²) in [6, 6.07) is 20.0. The molecule has 10 nitrogen and oxygen atoms in total. The van der Waals surface area contributed by atoms with Gasteiger partial charge in [0.05, 0.1) is 31.8 Å². The van der Waals surface area contributed by atoms with E-state index in [1.165, 1.54) is 0 Å². The molecule has 2 fully saturated rings. The Kier molecular flexibility index (Phi) is 8.65. The molecule has 0 spiro atoms. The van der Waals surface area contributed by atoms with Gasteiger partial charge in [0.15, 0.2) is 0 Å². The molecule has 2 saturated heterocycles. The highest BCUT2D eigenvalue weighted by Gasteiger charge is 2.34. The SMILES string of the molecule is Cl.NC1CCCN(c2c(C(=O)N3CCOCC3)c3ncn(Cc4nccc5ccccc45)c(=O)c3n2Cc2ccccc2)C1. The Hall–Kier alpha value is -4.25. The molecule has 0 bridgehead atoms. The highest BCUT2D eigenvalue weighted by atomic mass is 35.5. The minimum absolute atomic E-state index is 0. The molecule has 2 N–H and O–H groups in total. The summed E-state index contributed by atoms with van der Waals surface area (Å²) in [6.07, 6.45) is 5.15. The van der Waals surface area contributed by atoms with E-state index in [1.807, 2.05) is 70.1 Å². The van der Waals surface area contributed by atoms with Crippen LogP contribution >= 0.6 is 12.4 Å². The number of carbonyl (C=O) groups is 1. The fourth-order valence-electron chi connectivity index (χ4n) is 6.41. The smallest absolute Gasteiger partial charge is 0.278 e. The first-order chi connectivity index (χ1) is 21.1. The zero-order chi connectivity index (χ0) is 29.3. The maximum absolute atomic E-state index is 14.5. The van der Waals surface area contributed by atoms with Crippen molar-refractivity contribution in [1.29, 1.82) is 0 Å². The quantitative estimate of drug-likeness (QED) is 0.311. The van der Waals surface area contributed by atoms with E-state index in [0.29, 0.717) is 56.0 Å². The topological polar surface area (TPSA) is 112 Å². The first-order valence-electron chi connectivity index (χ1n) is 14.9. The van der Waals surface area contributed by atoms with Crippen molar-refractivity contribution in [2.24, 2.45) is 5.73 Å². The summed E-state index contributed by atoms with van der Waals surface area (Å²) in [4.78, 5) is 42.2. The van der Waals surface area contributed by atoms with Gasteiger partial charge in [-0.1, -0.05) is 54.6 Å². The predicted molar refractivity (Wildman–Crippen MR) is 174 cm³/mol. The average Bonchev–Trinajstić information content (AvgIpc) is 3.37. The second-order valence-electron chi connectivity index (χ2n) is 11.4. The standard InChI is InChI=1S/C33H35N7O3.ClH/c34-25-10-6-14-38(20-25)31-28(32(41)37-15-17-43-18-16-37)29-30(40(31)19-23-7-2-1-3-8-23)33(42)39(22-36-29)21-27-26-11-5-4-9-24(26)12-13-35-27;/h1-5,7-9,11-13,22,25H,6,10,14-21,34H2;1H. The maximum Gasteiger partial charge on any atom is 0.278 e. The van der Waals surface area contributed by atoms with E-state index >= 15 is 0 Å². The molecule has 0 aliphatic carbocycles. The molecule has 2 aliphatic rings. The van der Waals surface area contributed by atoms with Crippen LogP contribution in [-0.2, 0) is 17.8 Å². The summed E-state index contributed by atoms with van der Waals surface area (Å²) in [5, 5.41) is 2.05. The number of pyridine rings is 1. The molecular formula is C33H36ClN7O3. The van der Waals surface area contributed by atoms with Gasteiger partial charge in [-0.25, -0.2) is 4.98 Å². The molecule has 2 aliphatic heterocycles. The lowest BCUT2D eigenvalue weighted by Gasteiger charge is -2.35. The lowest BCUT2D eigenvalue weighted by molar-refractivity contribution is 0.0304. The number of aromatic nitrogens is 4. The highest BCUT2D eigenvalue weighted by molar-refractivity contribution is 6.10. The van der Waals surface area contributed by atoms with E-state index in [4.69, 9.17) is 15.5 Å². The van der Waals surface area contributed by atoms with Crippen molar-refractivity contribution >= 4 is 45.9 Å². The van der Waals surface area contributed by atoms with E-state index in [1.54, 1.807) is 17.1 Å². The Morgan fingerprint density at radius 2 is 1.73 bits per heavy atom. The zero-order valence-electron chi connectivity index (χ0n) is 24.5. The number of nitrogens with zero attached hydrogens (tertiary/aromatic N) is 6. The molecule has 7 rings (SSSR count). The van der Waals surface area contributed by atoms with Crippen LogP contribution in [0.3, 0.4) is 0 Å². The Morgan fingerprint density at radius 1 is 0.955 bits per heavy atom. The first kappa shape index (κ1) is 29.8. The van der Waals surface area contributed by atoms with Crippen molar-refractivity contribution in [3.63, 3.8) is 0 Å². The van der Waals surface area contributed by atoms with Crippen LogP contribution < -0.4 is 16.2 Å². The number of halogens is 1. The van der Waals surface area contributed by atoms with Crippen molar-refractivity contribution in [2.45, 2.75) is 32.0 Å². The van der Waals surface area contributed by atoms with Crippen LogP contribution in [-0.4, -0.2) is 75.3 Å².